The molecule has 0 saturated heterocycles. The topological polar surface area (TPSA) is 47.1 Å². The third-order valence-corrected chi connectivity index (χ3v) is 3.57. The lowest BCUT2D eigenvalue weighted by atomic mass is 10.2. The van der Waals surface area contributed by atoms with Gasteiger partial charge >= 0.3 is 0 Å². The van der Waals surface area contributed by atoms with E-state index in [9.17, 15) is 0 Å². The number of nitrogen functional groups attached to an aromatic ring is 1. The van der Waals surface area contributed by atoms with Crippen LogP contribution in [0.5, 0.6) is 0 Å². The number of benzene rings is 1. The zero-order valence-electron chi connectivity index (χ0n) is 9.31. The molecule has 0 radical (unpaired) electrons. The molecular formula is C12H13BrN4. The van der Waals surface area contributed by atoms with E-state index in [0.29, 0.717) is 0 Å². The monoisotopic (exact) mass is 292 g/mol. The van der Waals surface area contributed by atoms with Crippen molar-refractivity contribution in [3.8, 4) is 0 Å². The van der Waals surface area contributed by atoms with Crippen LogP contribution in [0.1, 0.15) is 5.82 Å². The van der Waals surface area contributed by atoms with E-state index in [1.165, 1.54) is 0 Å². The Kier molecular flexibility index (Phi) is 2.55. The molecule has 3 rings (SSSR count). The van der Waals surface area contributed by atoms with Gasteiger partial charge in [-0.25, -0.2) is 4.98 Å². The van der Waals surface area contributed by atoms with Gasteiger partial charge in [-0.05, 0) is 18.2 Å². The summed E-state index contributed by atoms with van der Waals surface area (Å²) in [6.07, 6.45) is 3.88. The van der Waals surface area contributed by atoms with Crippen LogP contribution < -0.4 is 10.6 Å². The van der Waals surface area contributed by atoms with E-state index in [-0.39, 0.29) is 0 Å². The molecule has 0 aliphatic carbocycles. The van der Waals surface area contributed by atoms with E-state index in [2.05, 4.69) is 36.4 Å². The second-order valence-corrected chi connectivity index (χ2v) is 5.08. The number of halogens is 1. The van der Waals surface area contributed by atoms with Crippen LogP contribution in [0.15, 0.2) is 35.1 Å². The minimum Gasteiger partial charge on any atom is -0.397 e. The van der Waals surface area contributed by atoms with Crippen molar-refractivity contribution in [2.45, 2.75) is 13.1 Å². The third-order valence-electron chi connectivity index (χ3n) is 3.08. The normalized spacial score (nSPS) is 14.8. The maximum atomic E-state index is 6.05. The molecule has 17 heavy (non-hydrogen) atoms. The third kappa shape index (κ3) is 1.91. The number of nitrogens with zero attached hydrogens (tertiary/aromatic N) is 3. The maximum absolute atomic E-state index is 6.05. The van der Waals surface area contributed by atoms with E-state index < -0.39 is 0 Å². The largest absolute Gasteiger partial charge is 0.397 e. The number of anilines is 2. The number of fused-ring (bicyclic) bond motifs is 1. The Bertz CT molecular complexity index is 549. The molecule has 0 unspecified atom stereocenters. The van der Waals surface area contributed by atoms with Gasteiger partial charge in [0.05, 0.1) is 17.9 Å². The summed E-state index contributed by atoms with van der Waals surface area (Å²) >= 11 is 3.42. The van der Waals surface area contributed by atoms with Gasteiger partial charge in [-0.2, -0.15) is 0 Å². The lowest BCUT2D eigenvalue weighted by molar-refractivity contribution is 0.560. The van der Waals surface area contributed by atoms with Crippen LogP contribution in [-0.4, -0.2) is 16.1 Å². The average Bonchev–Trinajstić information content (AvgIpc) is 2.75. The predicted octanol–water partition coefficient (Wildman–Crippen LogP) is 2.25. The molecule has 0 spiro atoms. The Morgan fingerprint density at radius 3 is 3.00 bits per heavy atom. The van der Waals surface area contributed by atoms with Crippen LogP contribution >= 0.6 is 15.9 Å². The Morgan fingerprint density at radius 1 is 1.29 bits per heavy atom. The summed E-state index contributed by atoms with van der Waals surface area (Å²) in [7, 11) is 0. The smallest absolute Gasteiger partial charge is 0.128 e. The van der Waals surface area contributed by atoms with Gasteiger partial charge in [0.15, 0.2) is 0 Å². The highest BCUT2D eigenvalue weighted by Gasteiger charge is 2.18. The van der Waals surface area contributed by atoms with Crippen molar-refractivity contribution in [1.82, 2.24) is 9.55 Å². The van der Waals surface area contributed by atoms with Crippen molar-refractivity contribution in [3.05, 3.63) is 40.9 Å². The van der Waals surface area contributed by atoms with E-state index in [4.69, 9.17) is 5.73 Å². The highest BCUT2D eigenvalue weighted by atomic mass is 79.9. The summed E-state index contributed by atoms with van der Waals surface area (Å²) in [6.45, 7) is 2.75. The number of hydrogen-bond donors (Lipinski definition) is 1. The molecule has 0 atom stereocenters. The maximum Gasteiger partial charge on any atom is 0.128 e. The fraction of sp³-hybridized carbons (Fsp3) is 0.250. The second-order valence-electron chi connectivity index (χ2n) is 4.16. The van der Waals surface area contributed by atoms with Gasteiger partial charge in [-0.3, -0.25) is 0 Å². The number of rotatable bonds is 1. The molecule has 5 heteroatoms. The Balaban J connectivity index is 1.91. The summed E-state index contributed by atoms with van der Waals surface area (Å²) in [5.74, 6) is 1.10. The number of imidazole rings is 1. The molecule has 2 N–H and O–H groups in total. The molecule has 1 aromatic heterocycles. The molecule has 2 heterocycles. The minimum atomic E-state index is 0.805. The average molecular weight is 293 g/mol. The second kappa shape index (κ2) is 4.07. The van der Waals surface area contributed by atoms with Crippen molar-refractivity contribution >= 4 is 27.3 Å². The Labute approximate surface area is 108 Å². The van der Waals surface area contributed by atoms with Gasteiger partial charge in [0.2, 0.25) is 0 Å². The predicted molar refractivity (Wildman–Crippen MR) is 71.8 cm³/mol. The molecule has 4 nitrogen and oxygen atoms in total. The zero-order valence-corrected chi connectivity index (χ0v) is 10.9. The summed E-state index contributed by atoms with van der Waals surface area (Å²) in [4.78, 5) is 6.62. The minimum absolute atomic E-state index is 0.805. The van der Waals surface area contributed by atoms with Crippen molar-refractivity contribution in [3.63, 3.8) is 0 Å². The first kappa shape index (κ1) is 10.7. The first-order valence-electron chi connectivity index (χ1n) is 5.54. The van der Waals surface area contributed by atoms with E-state index in [1.807, 2.05) is 24.5 Å². The summed E-state index contributed by atoms with van der Waals surface area (Å²) in [5.41, 5.74) is 7.94. The van der Waals surface area contributed by atoms with Gasteiger partial charge in [-0.15, -0.1) is 0 Å². The molecule has 0 amide bonds. The van der Waals surface area contributed by atoms with Gasteiger partial charge in [0.1, 0.15) is 5.82 Å². The van der Waals surface area contributed by atoms with Crippen LogP contribution in [0, 0.1) is 0 Å². The molecule has 88 valence electrons. The van der Waals surface area contributed by atoms with E-state index >= 15 is 0 Å². The quantitative estimate of drug-likeness (QED) is 0.820. The SMILES string of the molecule is Nc1cc(Br)ccc1N1CCn2ccnc2C1. The van der Waals surface area contributed by atoms with Crippen molar-refractivity contribution in [2.24, 2.45) is 0 Å². The van der Waals surface area contributed by atoms with Crippen LogP contribution in [0.2, 0.25) is 0 Å². The molecule has 2 aromatic rings. The lowest BCUT2D eigenvalue weighted by Gasteiger charge is -2.30. The molecule has 0 bridgehead atoms. The first-order valence-corrected chi connectivity index (χ1v) is 6.33. The molecule has 0 saturated carbocycles. The van der Waals surface area contributed by atoms with Gasteiger partial charge in [0, 0.05) is 30.0 Å². The molecule has 1 aromatic carbocycles. The van der Waals surface area contributed by atoms with Crippen LogP contribution in [0.3, 0.4) is 0 Å². The zero-order chi connectivity index (χ0) is 11.8. The van der Waals surface area contributed by atoms with Gasteiger partial charge < -0.3 is 15.2 Å². The highest BCUT2D eigenvalue weighted by molar-refractivity contribution is 9.10. The fourth-order valence-corrected chi connectivity index (χ4v) is 2.57. The molecule has 1 aliphatic rings. The first-order chi connectivity index (χ1) is 8.24. The van der Waals surface area contributed by atoms with Crippen molar-refractivity contribution in [1.29, 1.82) is 0 Å². The van der Waals surface area contributed by atoms with Crippen LogP contribution in [0.25, 0.3) is 0 Å². The Morgan fingerprint density at radius 2 is 2.18 bits per heavy atom. The van der Waals surface area contributed by atoms with Crippen molar-refractivity contribution in [2.75, 3.05) is 17.2 Å². The van der Waals surface area contributed by atoms with E-state index in [0.717, 1.165) is 41.3 Å². The molecular weight excluding hydrogens is 280 g/mol. The lowest BCUT2D eigenvalue weighted by Crippen LogP contribution is -2.34. The van der Waals surface area contributed by atoms with Crippen molar-refractivity contribution < 1.29 is 0 Å². The fourth-order valence-electron chi connectivity index (χ4n) is 2.19. The number of hydrogen-bond acceptors (Lipinski definition) is 3. The van der Waals surface area contributed by atoms with Gasteiger partial charge in [-0.1, -0.05) is 15.9 Å². The Hall–Kier alpha value is -1.49. The molecule has 0 fully saturated rings. The summed E-state index contributed by atoms with van der Waals surface area (Å²) in [5, 5.41) is 0. The standard InChI is InChI=1S/C12H13BrN4/c13-9-1-2-11(10(14)7-9)17-6-5-16-4-3-15-12(16)8-17/h1-4,7H,5-6,8,14H2. The van der Waals surface area contributed by atoms with E-state index in [1.54, 1.807) is 0 Å². The number of nitrogens with two attached hydrogens (primary N) is 1. The highest BCUT2D eigenvalue weighted by Crippen LogP contribution is 2.29. The summed E-state index contributed by atoms with van der Waals surface area (Å²) < 4.78 is 3.20. The summed E-state index contributed by atoms with van der Waals surface area (Å²) in [6, 6.07) is 6.02. The molecule has 1 aliphatic heterocycles. The van der Waals surface area contributed by atoms with Crippen LogP contribution in [-0.2, 0) is 13.1 Å². The van der Waals surface area contributed by atoms with Crippen LogP contribution in [0.4, 0.5) is 11.4 Å². The number of aromatic nitrogens is 2. The van der Waals surface area contributed by atoms with Gasteiger partial charge in [0.25, 0.3) is 0 Å².